The zero-order chi connectivity index (χ0) is 30.8. The van der Waals surface area contributed by atoms with Crippen LogP contribution in [0.1, 0.15) is 119 Å². The molecule has 2 amide bonds. The molecule has 1 N–H and O–H groups in total. The van der Waals surface area contributed by atoms with Gasteiger partial charge >= 0.3 is 0 Å². The number of aliphatic hydroxyl groups excluding tert-OH is 1. The highest BCUT2D eigenvalue weighted by Gasteiger charge is 2.59. The molecule has 2 heterocycles. The van der Waals surface area contributed by atoms with Crippen LogP contribution in [0.5, 0.6) is 0 Å². The largest absolute Gasteiger partial charge is 0.393 e. The van der Waals surface area contributed by atoms with E-state index in [0.717, 1.165) is 81.8 Å². The van der Waals surface area contributed by atoms with Gasteiger partial charge in [0.1, 0.15) is 5.60 Å². The summed E-state index contributed by atoms with van der Waals surface area (Å²) in [5, 5.41) is 10.3. The molecule has 8 atom stereocenters. The molecule has 0 radical (unpaired) electrons. The van der Waals surface area contributed by atoms with Gasteiger partial charge in [-0.2, -0.15) is 0 Å². The maximum atomic E-state index is 13.4. The molecule has 6 heteroatoms. The first-order valence-electron chi connectivity index (χ1n) is 17.8. The Morgan fingerprint density at radius 3 is 2.49 bits per heavy atom. The first-order chi connectivity index (χ1) is 20.3. The van der Waals surface area contributed by atoms with Crippen molar-refractivity contribution in [3.8, 4) is 0 Å². The van der Waals surface area contributed by atoms with Gasteiger partial charge in [0.05, 0.1) is 12.7 Å². The summed E-state index contributed by atoms with van der Waals surface area (Å²) >= 11 is 0. The maximum Gasteiger partial charge on any atom is 0.254 e. The number of morpholine rings is 1. The number of ether oxygens (including phenoxy) is 1. The molecule has 43 heavy (non-hydrogen) atoms. The minimum atomic E-state index is -0.729. The van der Waals surface area contributed by atoms with Gasteiger partial charge in [-0.3, -0.25) is 9.59 Å². The lowest BCUT2D eigenvalue weighted by Crippen LogP contribution is -2.57. The van der Waals surface area contributed by atoms with Crippen molar-refractivity contribution < 1.29 is 19.4 Å². The lowest BCUT2D eigenvalue weighted by molar-refractivity contribution is -0.168. The van der Waals surface area contributed by atoms with Crippen molar-refractivity contribution in [2.45, 2.75) is 130 Å². The van der Waals surface area contributed by atoms with Gasteiger partial charge in [-0.1, -0.05) is 39.3 Å². The van der Waals surface area contributed by atoms with Crippen molar-refractivity contribution >= 4 is 11.8 Å². The Balaban J connectivity index is 1.01. The topological polar surface area (TPSA) is 70.1 Å². The highest BCUT2D eigenvalue weighted by Crippen LogP contribution is 2.67. The summed E-state index contributed by atoms with van der Waals surface area (Å²) in [4.78, 5) is 30.4. The molecule has 0 bridgehead atoms. The number of allylic oxidation sites excluding steroid dienone is 1. The average Bonchev–Trinajstić information content (AvgIpc) is 3.32. The predicted molar refractivity (Wildman–Crippen MR) is 170 cm³/mol. The van der Waals surface area contributed by atoms with E-state index in [9.17, 15) is 14.7 Å². The number of aliphatic hydroxyl groups is 1. The highest BCUT2D eigenvalue weighted by atomic mass is 16.5. The Labute approximate surface area is 261 Å². The van der Waals surface area contributed by atoms with Gasteiger partial charge in [0, 0.05) is 32.6 Å². The molecule has 1 unspecified atom stereocenters. The van der Waals surface area contributed by atoms with E-state index in [1.165, 1.54) is 32.1 Å². The summed E-state index contributed by atoms with van der Waals surface area (Å²) in [5.74, 6) is 4.11. The Bertz CT molecular complexity index is 1110. The number of nitrogens with zero attached hydrogens (tertiary/aromatic N) is 2. The van der Waals surface area contributed by atoms with Crippen LogP contribution < -0.4 is 0 Å². The number of carbonyl (C=O) groups is 2. The minimum Gasteiger partial charge on any atom is -0.393 e. The minimum absolute atomic E-state index is 0.0585. The highest BCUT2D eigenvalue weighted by molar-refractivity contribution is 5.85. The molecule has 6 nitrogen and oxygen atoms in total. The van der Waals surface area contributed by atoms with Gasteiger partial charge in [0.15, 0.2) is 0 Å². The molecular formula is C37H60N2O4. The van der Waals surface area contributed by atoms with Crippen LogP contribution in [-0.4, -0.2) is 71.2 Å². The Morgan fingerprint density at radius 2 is 1.74 bits per heavy atom. The number of hydrogen-bond donors (Lipinski definition) is 1. The van der Waals surface area contributed by atoms with E-state index >= 15 is 0 Å². The molecule has 0 aromatic heterocycles. The summed E-state index contributed by atoms with van der Waals surface area (Å²) in [7, 11) is 0. The second kappa shape index (κ2) is 11.4. The Morgan fingerprint density at radius 1 is 1.00 bits per heavy atom. The summed E-state index contributed by atoms with van der Waals surface area (Å²) in [6.07, 6.45) is 15.6. The van der Waals surface area contributed by atoms with E-state index in [1.54, 1.807) is 5.57 Å². The van der Waals surface area contributed by atoms with E-state index in [2.05, 4.69) is 38.7 Å². The average molecular weight is 597 g/mol. The Kier molecular flexibility index (Phi) is 8.40. The Hall–Kier alpha value is -1.40. The van der Waals surface area contributed by atoms with Gasteiger partial charge in [-0.15, -0.1) is 0 Å². The predicted octanol–water partition coefficient (Wildman–Crippen LogP) is 6.61. The fourth-order valence-electron chi connectivity index (χ4n) is 11.3. The van der Waals surface area contributed by atoms with Crippen molar-refractivity contribution in [2.24, 2.45) is 45.8 Å². The molecular weight excluding hydrogens is 536 g/mol. The lowest BCUT2D eigenvalue weighted by atomic mass is 9.47. The van der Waals surface area contributed by atoms with Gasteiger partial charge in [-0.05, 0) is 130 Å². The summed E-state index contributed by atoms with van der Waals surface area (Å²) in [5.41, 5.74) is 1.60. The molecule has 0 spiro atoms. The van der Waals surface area contributed by atoms with Crippen LogP contribution >= 0.6 is 0 Å². The number of fused-ring (bicyclic) bond motifs is 5. The number of hydrogen-bond acceptors (Lipinski definition) is 4. The van der Waals surface area contributed by atoms with Crippen LogP contribution in [0.3, 0.4) is 0 Å². The third-order valence-corrected chi connectivity index (χ3v) is 14.2. The normalized spacial score (nSPS) is 41.1. The third-order valence-electron chi connectivity index (χ3n) is 14.2. The van der Waals surface area contributed by atoms with Crippen molar-refractivity contribution in [2.75, 3.05) is 32.8 Å². The summed E-state index contributed by atoms with van der Waals surface area (Å²) < 4.78 is 5.69. The van der Waals surface area contributed by atoms with E-state index in [1.807, 2.05) is 18.7 Å². The van der Waals surface area contributed by atoms with Gasteiger partial charge in [-0.25, -0.2) is 0 Å². The molecule has 4 aliphatic carbocycles. The van der Waals surface area contributed by atoms with Crippen LogP contribution in [-0.2, 0) is 14.3 Å². The smallest absolute Gasteiger partial charge is 0.254 e. The van der Waals surface area contributed by atoms with Crippen LogP contribution in [0.4, 0.5) is 0 Å². The third kappa shape index (κ3) is 5.64. The maximum absolute atomic E-state index is 13.4. The fraction of sp³-hybridized carbons (Fsp3) is 0.892. The first-order valence-corrected chi connectivity index (χ1v) is 17.8. The lowest BCUT2D eigenvalue weighted by Gasteiger charge is -2.58. The number of piperidine rings is 1. The zero-order valence-corrected chi connectivity index (χ0v) is 28.1. The van der Waals surface area contributed by atoms with Crippen LogP contribution in [0, 0.1) is 45.8 Å². The van der Waals surface area contributed by atoms with E-state index in [4.69, 9.17) is 4.74 Å². The second-order valence-electron chi connectivity index (χ2n) is 17.2. The molecule has 6 aliphatic rings. The zero-order valence-electron chi connectivity index (χ0n) is 28.1. The number of amides is 2. The molecule has 3 saturated carbocycles. The van der Waals surface area contributed by atoms with Crippen LogP contribution in [0.2, 0.25) is 0 Å². The molecule has 2 saturated heterocycles. The molecule has 0 aromatic rings. The van der Waals surface area contributed by atoms with E-state index < -0.39 is 5.60 Å². The fourth-order valence-corrected chi connectivity index (χ4v) is 11.3. The SMILES string of the molecule is CC(CCC(=O)N1CCC(C)(CN2CCOC(C)(C)C2=O)CC1)[C@H]1CC[C@H]2[C@@H]3CC=C4C[C@@H](O)CC[C@]4(C)[C@H]3CC[C@]12C. The molecule has 0 aromatic carbocycles. The molecule has 5 fully saturated rings. The summed E-state index contributed by atoms with van der Waals surface area (Å²) in [6.45, 7) is 17.3. The molecule has 2 aliphatic heterocycles. The van der Waals surface area contributed by atoms with Gasteiger partial charge in [0.2, 0.25) is 5.91 Å². The van der Waals surface area contributed by atoms with Crippen molar-refractivity contribution in [3.63, 3.8) is 0 Å². The number of rotatable bonds is 6. The molecule has 6 rings (SSSR count). The van der Waals surface area contributed by atoms with E-state index in [-0.39, 0.29) is 17.4 Å². The quantitative estimate of drug-likeness (QED) is 0.351. The van der Waals surface area contributed by atoms with Crippen molar-refractivity contribution in [3.05, 3.63) is 11.6 Å². The van der Waals surface area contributed by atoms with E-state index in [0.29, 0.717) is 42.2 Å². The van der Waals surface area contributed by atoms with Gasteiger partial charge in [0.25, 0.3) is 5.91 Å². The second-order valence-corrected chi connectivity index (χ2v) is 17.2. The number of carbonyl (C=O) groups excluding carboxylic acids is 2. The van der Waals surface area contributed by atoms with Crippen LogP contribution in [0.25, 0.3) is 0 Å². The van der Waals surface area contributed by atoms with Crippen molar-refractivity contribution in [1.29, 1.82) is 0 Å². The first kappa shape index (κ1) is 31.6. The van der Waals surface area contributed by atoms with Crippen molar-refractivity contribution in [1.82, 2.24) is 9.80 Å². The van der Waals surface area contributed by atoms with Gasteiger partial charge < -0.3 is 19.6 Å². The monoisotopic (exact) mass is 596 g/mol. The van der Waals surface area contributed by atoms with Crippen LogP contribution in [0.15, 0.2) is 11.6 Å². The standard InChI is InChI=1S/C37H60N2O4/c1-25(7-12-32(41)38-19-17-35(4,18-20-38)24-39-21-22-43-34(2,3)33(39)42)29-10-11-30-28-9-8-26-23-27(40)13-15-36(26,5)31(28)14-16-37(29,30)6/h8,25,27-31,40H,7,9-24H2,1-6H3/t25?,27-,28-,29+,30-,31-,36-,37+/m0/s1. The number of likely N-dealkylation sites (tertiary alicyclic amines) is 1. The molecule has 242 valence electrons. The summed E-state index contributed by atoms with van der Waals surface area (Å²) in [6, 6.07) is 0.